The number of carbonyl (C=O) groups excluding carboxylic acids is 3. The van der Waals surface area contributed by atoms with Crippen LogP contribution < -0.4 is 10.1 Å². The first-order chi connectivity index (χ1) is 16.9. The van der Waals surface area contributed by atoms with E-state index in [0.29, 0.717) is 16.9 Å². The molecule has 0 aromatic heterocycles. The highest BCUT2D eigenvalue weighted by Gasteiger charge is 2.61. The van der Waals surface area contributed by atoms with Gasteiger partial charge in [-0.15, -0.1) is 0 Å². The Morgan fingerprint density at radius 3 is 2.54 bits per heavy atom. The summed E-state index contributed by atoms with van der Waals surface area (Å²) in [6.07, 6.45) is 0.0706. The van der Waals surface area contributed by atoms with Crippen molar-refractivity contribution in [2.24, 2.45) is 0 Å². The molecule has 0 radical (unpaired) electrons. The van der Waals surface area contributed by atoms with E-state index >= 15 is 0 Å². The summed E-state index contributed by atoms with van der Waals surface area (Å²) in [5.74, 6) is -0.282. The highest BCUT2D eigenvalue weighted by atomic mass is 32.2. The summed E-state index contributed by atoms with van der Waals surface area (Å²) in [5.41, 5.74) is 1.78. The standard InChI is InChI=1S/C24H23N2O7PS/c27-11-16-6-8-18(9-7-16)32-12-17-13-35(31)23-20(22(29)26(23)21(17)24(30)33-14-34)25-19(28)10-15-4-2-1-3-5-15/h1-9,14,20,23,27,34H,10-13H2,(H,25,28)/t20-,23-,35?/m1/s1. The highest BCUT2D eigenvalue weighted by Crippen LogP contribution is 2.37. The van der Waals surface area contributed by atoms with E-state index in [2.05, 4.69) is 14.2 Å². The zero-order chi connectivity index (χ0) is 24.9. The summed E-state index contributed by atoms with van der Waals surface area (Å²) in [5, 5.41) is 10.9. The Labute approximate surface area is 207 Å². The third kappa shape index (κ3) is 5.41. The summed E-state index contributed by atoms with van der Waals surface area (Å²) in [7, 11) is 2.97. The van der Waals surface area contributed by atoms with Gasteiger partial charge in [-0.3, -0.25) is 14.5 Å². The van der Waals surface area contributed by atoms with Crippen LogP contribution in [0.4, 0.5) is 0 Å². The van der Waals surface area contributed by atoms with Crippen molar-refractivity contribution in [3.05, 3.63) is 77.0 Å². The first-order valence-corrected chi connectivity index (χ1v) is 12.7. The second-order valence-electron chi connectivity index (χ2n) is 7.90. The Kier molecular flexibility index (Phi) is 7.87. The molecule has 1 unspecified atom stereocenters. The molecule has 2 aliphatic heterocycles. The van der Waals surface area contributed by atoms with Gasteiger partial charge in [-0.25, -0.2) is 4.79 Å². The maximum absolute atomic E-state index is 13.1. The lowest BCUT2D eigenvalue weighted by Crippen LogP contribution is -2.75. The summed E-state index contributed by atoms with van der Waals surface area (Å²) >= 11 is -1.59. The molecule has 2 N–H and O–H groups in total. The smallest absolute Gasteiger partial charge is 0.360 e. The van der Waals surface area contributed by atoms with Crippen molar-refractivity contribution >= 4 is 43.8 Å². The van der Waals surface area contributed by atoms with E-state index in [4.69, 9.17) is 14.6 Å². The minimum atomic E-state index is -1.59. The molecule has 35 heavy (non-hydrogen) atoms. The van der Waals surface area contributed by atoms with E-state index in [9.17, 15) is 18.9 Å². The molecule has 11 heteroatoms. The van der Waals surface area contributed by atoms with Crippen LogP contribution in [0.1, 0.15) is 11.1 Å². The first-order valence-electron chi connectivity index (χ1n) is 10.7. The number of esters is 1. The van der Waals surface area contributed by atoms with Crippen LogP contribution in [0.3, 0.4) is 0 Å². The quantitative estimate of drug-likeness (QED) is 0.220. The molecule has 1 saturated heterocycles. The lowest BCUT2D eigenvalue weighted by Gasteiger charge is -2.49. The van der Waals surface area contributed by atoms with Crippen molar-refractivity contribution in [1.29, 1.82) is 0 Å². The topological polar surface area (TPSA) is 128 Å². The van der Waals surface area contributed by atoms with Gasteiger partial charge in [-0.05, 0) is 34.4 Å². The molecule has 0 spiro atoms. The van der Waals surface area contributed by atoms with E-state index in [-0.39, 0.29) is 37.0 Å². The number of hydrogen-bond donors (Lipinski definition) is 2. The lowest BCUT2D eigenvalue weighted by atomic mass is 10.0. The van der Waals surface area contributed by atoms with Crippen molar-refractivity contribution < 1.29 is 33.5 Å². The largest absolute Gasteiger partial charge is 0.614 e. The average molecular weight is 514 g/mol. The summed E-state index contributed by atoms with van der Waals surface area (Å²) < 4.78 is 23.8. The van der Waals surface area contributed by atoms with Crippen LogP contribution >= 0.6 is 8.86 Å². The number of nitrogens with zero attached hydrogens (tertiary/aromatic N) is 1. The van der Waals surface area contributed by atoms with Gasteiger partial charge in [0.25, 0.3) is 5.91 Å². The zero-order valence-corrected chi connectivity index (χ0v) is 20.3. The molecule has 0 aliphatic carbocycles. The van der Waals surface area contributed by atoms with E-state index in [1.807, 2.05) is 18.2 Å². The predicted octanol–water partition coefficient (Wildman–Crippen LogP) is 0.916. The number of fused-ring (bicyclic) bond motifs is 1. The van der Waals surface area contributed by atoms with Crippen molar-refractivity contribution in [1.82, 2.24) is 10.2 Å². The maximum Gasteiger partial charge on any atom is 0.360 e. The van der Waals surface area contributed by atoms with Crippen molar-refractivity contribution in [2.45, 2.75) is 24.4 Å². The molecule has 2 heterocycles. The Morgan fingerprint density at radius 2 is 1.89 bits per heavy atom. The lowest BCUT2D eigenvalue weighted by molar-refractivity contribution is -0.150. The van der Waals surface area contributed by atoms with E-state index in [1.54, 1.807) is 36.4 Å². The molecule has 9 nitrogen and oxygen atoms in total. The van der Waals surface area contributed by atoms with Crippen LogP contribution in [-0.2, 0) is 43.3 Å². The molecule has 0 saturated carbocycles. The summed E-state index contributed by atoms with van der Waals surface area (Å²) in [4.78, 5) is 39.3. The predicted molar refractivity (Wildman–Crippen MR) is 131 cm³/mol. The number of ether oxygens (including phenoxy) is 2. The number of nitrogens with one attached hydrogen (secondary N) is 1. The van der Waals surface area contributed by atoms with Gasteiger partial charge in [0, 0.05) is 5.57 Å². The fourth-order valence-corrected chi connectivity index (χ4v) is 5.70. The monoisotopic (exact) mass is 514 g/mol. The van der Waals surface area contributed by atoms with Gasteiger partial charge in [-0.1, -0.05) is 51.3 Å². The van der Waals surface area contributed by atoms with Gasteiger partial charge in [0.2, 0.25) is 11.3 Å². The molecular formula is C24H23N2O7PS. The number of aliphatic hydroxyl groups excluding tert-OH is 1. The van der Waals surface area contributed by atoms with Crippen LogP contribution in [0.15, 0.2) is 65.9 Å². The third-order valence-corrected chi connectivity index (χ3v) is 7.38. The number of rotatable bonds is 9. The summed E-state index contributed by atoms with van der Waals surface area (Å²) in [6.45, 7) is -0.206. The van der Waals surface area contributed by atoms with Gasteiger partial charge in [0.1, 0.15) is 29.8 Å². The van der Waals surface area contributed by atoms with Crippen LogP contribution in [0.2, 0.25) is 0 Å². The molecule has 0 bridgehead atoms. The molecule has 2 aromatic rings. The van der Waals surface area contributed by atoms with Gasteiger partial charge in [0.05, 0.1) is 13.0 Å². The number of benzene rings is 2. The van der Waals surface area contributed by atoms with Gasteiger partial charge >= 0.3 is 5.97 Å². The normalized spacial score (nSPS) is 21.0. The molecule has 182 valence electrons. The molecule has 2 aliphatic rings. The molecule has 4 rings (SSSR count). The maximum atomic E-state index is 13.1. The highest BCUT2D eigenvalue weighted by molar-refractivity contribution is 7.92. The van der Waals surface area contributed by atoms with E-state index in [0.717, 1.165) is 16.4 Å². The second-order valence-corrected chi connectivity index (χ2v) is 9.67. The molecular weight excluding hydrogens is 491 g/mol. The number of aliphatic hydroxyl groups is 1. The number of β-lactam (4-membered cyclic amide) rings is 1. The van der Waals surface area contributed by atoms with Crippen LogP contribution in [-0.4, -0.2) is 62.1 Å². The third-order valence-electron chi connectivity index (χ3n) is 5.61. The van der Waals surface area contributed by atoms with E-state index < -0.39 is 34.5 Å². The van der Waals surface area contributed by atoms with Gasteiger partial charge in [-0.2, -0.15) is 0 Å². The average Bonchev–Trinajstić information content (AvgIpc) is 2.86. The molecule has 1 fully saturated rings. The minimum Gasteiger partial charge on any atom is -0.614 e. The van der Waals surface area contributed by atoms with Gasteiger partial charge < -0.3 is 24.4 Å². The zero-order valence-electron chi connectivity index (χ0n) is 18.5. The van der Waals surface area contributed by atoms with Crippen molar-refractivity contribution in [3.63, 3.8) is 0 Å². The molecule has 2 aromatic carbocycles. The van der Waals surface area contributed by atoms with Crippen molar-refractivity contribution in [2.75, 3.05) is 12.4 Å². The van der Waals surface area contributed by atoms with Crippen LogP contribution in [0, 0.1) is 0 Å². The van der Waals surface area contributed by atoms with Gasteiger partial charge in [0.15, 0.2) is 6.04 Å². The SMILES string of the molecule is O=C(Cc1ccccc1)N[C@@H]1C(=O)N2C(C(=O)OC=P)=C(COc3ccc(CO)cc3)C[S+]([O-])[C@H]12. The Hall–Kier alpha value is -3.17. The van der Waals surface area contributed by atoms with Crippen molar-refractivity contribution in [3.8, 4) is 5.75 Å². The number of hydrogen-bond acceptors (Lipinski definition) is 7. The second kappa shape index (κ2) is 11.0. The Balaban J connectivity index is 1.51. The van der Waals surface area contributed by atoms with E-state index in [1.165, 1.54) is 0 Å². The fourth-order valence-electron chi connectivity index (χ4n) is 3.93. The number of amides is 2. The minimum absolute atomic E-state index is 0.0274. The van der Waals surface area contributed by atoms with Crippen LogP contribution in [0.25, 0.3) is 0 Å². The first kappa shape index (κ1) is 24.9. The summed E-state index contributed by atoms with van der Waals surface area (Å²) in [6, 6.07) is 14.7. The fraction of sp³-hybridized carbons (Fsp3) is 0.250. The molecule has 2 amide bonds. The Bertz CT molecular complexity index is 1160. The molecule has 3 atom stereocenters. The number of carbonyl (C=O) groups is 3. The Morgan fingerprint density at radius 1 is 1.17 bits per heavy atom. The van der Waals surface area contributed by atoms with Crippen LogP contribution in [0.5, 0.6) is 5.75 Å².